The van der Waals surface area contributed by atoms with Crippen LogP contribution in [0.2, 0.25) is 0 Å². The lowest BCUT2D eigenvalue weighted by molar-refractivity contribution is -0.138. The maximum absolute atomic E-state index is 13.7. The highest BCUT2D eigenvalue weighted by atomic mass is 19.1. The zero-order valence-corrected chi connectivity index (χ0v) is 20.3. The van der Waals surface area contributed by atoms with Gasteiger partial charge in [-0.1, -0.05) is 12.8 Å². The third-order valence-corrected chi connectivity index (χ3v) is 7.63. The number of halogens is 1. The summed E-state index contributed by atoms with van der Waals surface area (Å²) in [5.74, 6) is -1.22. The van der Waals surface area contributed by atoms with Gasteiger partial charge in [0.2, 0.25) is 5.91 Å². The van der Waals surface area contributed by atoms with Crippen molar-refractivity contribution in [1.29, 1.82) is 0 Å². The minimum absolute atomic E-state index is 0.0134. The van der Waals surface area contributed by atoms with Crippen LogP contribution < -0.4 is 4.90 Å². The van der Waals surface area contributed by atoms with Crippen LogP contribution in [0.4, 0.5) is 19.7 Å². The van der Waals surface area contributed by atoms with Crippen LogP contribution in [-0.4, -0.2) is 96.2 Å². The first-order chi connectivity index (χ1) is 17.4. The van der Waals surface area contributed by atoms with E-state index in [9.17, 15) is 23.6 Å². The number of imide groups is 1. The van der Waals surface area contributed by atoms with Crippen molar-refractivity contribution in [2.45, 2.75) is 50.9 Å². The zero-order chi connectivity index (χ0) is 25.4. The average molecular weight is 503 g/mol. The Morgan fingerprint density at radius 3 is 2.39 bits per heavy atom. The van der Waals surface area contributed by atoms with Gasteiger partial charge in [-0.3, -0.25) is 9.59 Å². The van der Waals surface area contributed by atoms with E-state index in [1.165, 1.54) is 29.2 Å². The number of ether oxygens (including phenoxy) is 2. The number of piperazine rings is 1. The quantitative estimate of drug-likeness (QED) is 0.626. The number of urea groups is 1. The van der Waals surface area contributed by atoms with Crippen molar-refractivity contribution in [2.75, 3.05) is 44.2 Å². The first kappa shape index (κ1) is 24.5. The predicted molar refractivity (Wildman–Crippen MR) is 126 cm³/mol. The van der Waals surface area contributed by atoms with E-state index in [4.69, 9.17) is 9.47 Å². The summed E-state index contributed by atoms with van der Waals surface area (Å²) < 4.78 is 24.8. The highest BCUT2D eigenvalue weighted by molar-refractivity contribution is 6.18. The molecule has 0 N–H and O–H groups in total. The molecule has 1 saturated carbocycles. The number of carbonyl (C=O) groups excluding carboxylic acids is 4. The molecule has 5 amide bonds. The second kappa shape index (κ2) is 10.0. The standard InChI is InChI=1S/C25H31FN4O6/c1-2-35-25(34)28-13-11-27(12-14-28)20(31)15-29-21-18-5-3-4-6-19(18)36-22(21)23(32)30(24(29)33)17-9-7-16(26)8-10-17/h7-10,18-19,21-22H,2-6,11-15H2,1H3. The summed E-state index contributed by atoms with van der Waals surface area (Å²) in [5, 5.41) is 0. The Balaban J connectivity index is 1.36. The summed E-state index contributed by atoms with van der Waals surface area (Å²) in [6.07, 6.45) is 2.21. The first-order valence-electron chi connectivity index (χ1n) is 12.6. The molecule has 3 saturated heterocycles. The minimum atomic E-state index is -0.866. The molecule has 1 aromatic rings. The molecule has 1 aromatic carbocycles. The van der Waals surface area contributed by atoms with Gasteiger partial charge < -0.3 is 24.2 Å². The highest BCUT2D eigenvalue weighted by Gasteiger charge is 2.58. The molecule has 0 aromatic heterocycles. The zero-order valence-electron chi connectivity index (χ0n) is 20.3. The Kier molecular flexibility index (Phi) is 6.83. The molecule has 4 aliphatic rings. The Morgan fingerprint density at radius 2 is 1.69 bits per heavy atom. The predicted octanol–water partition coefficient (Wildman–Crippen LogP) is 2.22. The molecule has 0 radical (unpaired) electrons. The summed E-state index contributed by atoms with van der Waals surface area (Å²) >= 11 is 0. The smallest absolute Gasteiger partial charge is 0.409 e. The lowest BCUT2D eigenvalue weighted by Crippen LogP contribution is -2.66. The van der Waals surface area contributed by atoms with Crippen molar-refractivity contribution >= 4 is 29.6 Å². The van der Waals surface area contributed by atoms with E-state index in [0.29, 0.717) is 26.2 Å². The number of carbonyl (C=O) groups is 4. The van der Waals surface area contributed by atoms with Crippen molar-refractivity contribution in [2.24, 2.45) is 5.92 Å². The SMILES string of the molecule is CCOC(=O)N1CCN(C(=O)CN2C(=O)N(c3ccc(F)cc3)C(=O)C3OC4CCCCC4C32)CC1. The third kappa shape index (κ3) is 4.40. The molecule has 36 heavy (non-hydrogen) atoms. The lowest BCUT2D eigenvalue weighted by atomic mass is 9.81. The van der Waals surface area contributed by atoms with Gasteiger partial charge in [0.1, 0.15) is 12.4 Å². The monoisotopic (exact) mass is 502 g/mol. The number of rotatable bonds is 4. The van der Waals surface area contributed by atoms with Crippen LogP contribution in [0, 0.1) is 11.7 Å². The Morgan fingerprint density at radius 1 is 1.03 bits per heavy atom. The van der Waals surface area contributed by atoms with E-state index in [0.717, 1.165) is 30.6 Å². The van der Waals surface area contributed by atoms with E-state index in [2.05, 4.69) is 0 Å². The molecule has 3 heterocycles. The van der Waals surface area contributed by atoms with Gasteiger partial charge in [0.25, 0.3) is 5.91 Å². The van der Waals surface area contributed by atoms with Crippen molar-refractivity contribution in [3.05, 3.63) is 30.1 Å². The van der Waals surface area contributed by atoms with E-state index >= 15 is 0 Å². The number of benzene rings is 1. The van der Waals surface area contributed by atoms with Crippen LogP contribution >= 0.6 is 0 Å². The van der Waals surface area contributed by atoms with E-state index in [1.807, 2.05) is 0 Å². The largest absolute Gasteiger partial charge is 0.450 e. The van der Waals surface area contributed by atoms with Crippen molar-refractivity contribution in [3.8, 4) is 0 Å². The Labute approximate surface area is 208 Å². The number of nitrogens with zero attached hydrogens (tertiary/aromatic N) is 4. The number of anilines is 1. The normalized spacial score (nSPS) is 28.2. The van der Waals surface area contributed by atoms with Crippen molar-refractivity contribution < 1.29 is 33.0 Å². The van der Waals surface area contributed by atoms with Gasteiger partial charge in [0, 0.05) is 32.1 Å². The second-order valence-corrected chi connectivity index (χ2v) is 9.66. The van der Waals surface area contributed by atoms with Gasteiger partial charge in [-0.25, -0.2) is 18.9 Å². The van der Waals surface area contributed by atoms with Crippen LogP contribution in [0.25, 0.3) is 0 Å². The summed E-state index contributed by atoms with van der Waals surface area (Å²) in [6.45, 7) is 3.18. The van der Waals surface area contributed by atoms with Gasteiger partial charge in [-0.15, -0.1) is 0 Å². The molecule has 0 bridgehead atoms. The van der Waals surface area contributed by atoms with E-state index in [1.54, 1.807) is 16.7 Å². The maximum atomic E-state index is 13.7. The molecule has 4 fully saturated rings. The van der Waals surface area contributed by atoms with Gasteiger partial charge in [-0.2, -0.15) is 0 Å². The van der Waals surface area contributed by atoms with E-state index < -0.39 is 36.0 Å². The number of hydrogen-bond acceptors (Lipinski definition) is 6. The van der Waals surface area contributed by atoms with Crippen LogP contribution in [0.5, 0.6) is 0 Å². The molecule has 3 aliphatic heterocycles. The van der Waals surface area contributed by atoms with Crippen molar-refractivity contribution in [1.82, 2.24) is 14.7 Å². The van der Waals surface area contributed by atoms with Gasteiger partial charge in [0.05, 0.1) is 24.4 Å². The summed E-state index contributed by atoms with van der Waals surface area (Å²) in [7, 11) is 0. The summed E-state index contributed by atoms with van der Waals surface area (Å²) in [6, 6.07) is 4.02. The number of fused-ring (bicyclic) bond motifs is 3. The van der Waals surface area contributed by atoms with E-state index in [-0.39, 0.29) is 36.8 Å². The average Bonchev–Trinajstić information content (AvgIpc) is 3.28. The fourth-order valence-corrected chi connectivity index (χ4v) is 5.85. The topological polar surface area (TPSA) is 99.7 Å². The van der Waals surface area contributed by atoms with Crippen LogP contribution in [0.1, 0.15) is 32.6 Å². The van der Waals surface area contributed by atoms with Crippen LogP contribution in [0.3, 0.4) is 0 Å². The molecule has 1 aliphatic carbocycles. The summed E-state index contributed by atoms with van der Waals surface area (Å²) in [4.78, 5) is 58.2. The molecule has 4 atom stereocenters. The Hall–Kier alpha value is -3.21. The van der Waals surface area contributed by atoms with Gasteiger partial charge in [-0.05, 0) is 44.0 Å². The molecule has 194 valence electrons. The molecule has 5 rings (SSSR count). The molecular formula is C25H31FN4O6. The first-order valence-corrected chi connectivity index (χ1v) is 12.6. The molecule has 10 nitrogen and oxygen atoms in total. The molecule has 4 unspecified atom stereocenters. The fraction of sp³-hybridized carbons (Fsp3) is 0.600. The van der Waals surface area contributed by atoms with Crippen molar-refractivity contribution in [3.63, 3.8) is 0 Å². The second-order valence-electron chi connectivity index (χ2n) is 9.66. The van der Waals surface area contributed by atoms with Crippen LogP contribution in [-0.2, 0) is 19.1 Å². The number of amides is 5. The molecule has 11 heteroatoms. The third-order valence-electron chi connectivity index (χ3n) is 7.63. The minimum Gasteiger partial charge on any atom is -0.450 e. The summed E-state index contributed by atoms with van der Waals surface area (Å²) in [5.41, 5.74) is 0.240. The van der Waals surface area contributed by atoms with Gasteiger partial charge in [0.15, 0.2) is 6.10 Å². The van der Waals surface area contributed by atoms with Crippen LogP contribution in [0.15, 0.2) is 24.3 Å². The Bertz CT molecular complexity index is 1030. The highest BCUT2D eigenvalue weighted by Crippen LogP contribution is 2.43. The van der Waals surface area contributed by atoms with Gasteiger partial charge >= 0.3 is 12.1 Å². The lowest BCUT2D eigenvalue weighted by Gasteiger charge is -2.44. The molecular weight excluding hydrogens is 471 g/mol. The fourth-order valence-electron chi connectivity index (χ4n) is 5.85. The maximum Gasteiger partial charge on any atom is 0.409 e. The number of hydrogen-bond donors (Lipinski definition) is 0. The molecule has 0 spiro atoms.